The summed E-state index contributed by atoms with van der Waals surface area (Å²) in [6.07, 6.45) is 2.20. The minimum absolute atomic E-state index is 0.119. The van der Waals surface area contributed by atoms with Crippen LogP contribution in [-0.2, 0) is 6.42 Å². The number of aromatic amines is 1. The summed E-state index contributed by atoms with van der Waals surface area (Å²) >= 11 is 0. The van der Waals surface area contributed by atoms with Crippen LogP contribution >= 0.6 is 0 Å². The number of nitrogens with zero attached hydrogens (tertiary/aromatic N) is 2. The highest BCUT2D eigenvalue weighted by Crippen LogP contribution is 2.38. The monoisotopic (exact) mass is 485 g/mol. The normalized spacial score (nSPS) is 12.1. The van der Waals surface area contributed by atoms with E-state index < -0.39 is 17.6 Å². The van der Waals surface area contributed by atoms with Crippen LogP contribution in [0.2, 0.25) is 0 Å². The summed E-state index contributed by atoms with van der Waals surface area (Å²) in [7, 11) is 1.43. The predicted molar refractivity (Wildman–Crippen MR) is 138 cm³/mol. The Hall–Kier alpha value is -4.46. The molecule has 2 aromatic heterocycles. The molecule has 5 rings (SSSR count). The summed E-state index contributed by atoms with van der Waals surface area (Å²) in [5.74, 6) is -0.914. The van der Waals surface area contributed by atoms with Gasteiger partial charge in [0.15, 0.2) is 11.6 Å². The Morgan fingerprint density at radius 1 is 1.03 bits per heavy atom. The molecule has 0 saturated heterocycles. The van der Waals surface area contributed by atoms with Gasteiger partial charge in [0, 0.05) is 22.2 Å². The molecule has 1 unspecified atom stereocenters. The lowest BCUT2D eigenvalue weighted by Gasteiger charge is -2.20. The Kier molecular flexibility index (Phi) is 6.01. The van der Waals surface area contributed by atoms with Crippen molar-refractivity contribution in [3.63, 3.8) is 0 Å². The molecule has 5 aromatic rings. The molecule has 0 bridgehead atoms. The molecule has 5 N–H and O–H groups in total. The first-order valence-corrected chi connectivity index (χ1v) is 11.5. The van der Waals surface area contributed by atoms with Crippen molar-refractivity contribution in [2.45, 2.75) is 19.3 Å². The molecule has 0 aliphatic heterocycles. The van der Waals surface area contributed by atoms with Crippen molar-refractivity contribution in [1.82, 2.24) is 15.0 Å². The zero-order valence-electron chi connectivity index (χ0n) is 19.8. The third-order valence-electron chi connectivity index (χ3n) is 6.30. The molecule has 36 heavy (non-hydrogen) atoms. The van der Waals surface area contributed by atoms with E-state index in [1.807, 2.05) is 13.0 Å². The van der Waals surface area contributed by atoms with Gasteiger partial charge in [-0.2, -0.15) is 0 Å². The molecule has 0 spiro atoms. The Labute approximate surface area is 207 Å². The van der Waals surface area contributed by atoms with Crippen molar-refractivity contribution in [3.8, 4) is 17.0 Å². The molecular formula is C28H25F2N5O. The third-order valence-corrected chi connectivity index (χ3v) is 6.30. The van der Waals surface area contributed by atoms with E-state index in [4.69, 9.17) is 16.2 Å². The lowest BCUT2D eigenvalue weighted by molar-refractivity contribution is 0.383. The minimum Gasteiger partial charge on any atom is -0.494 e. The number of anilines is 2. The minimum atomic E-state index is -0.779. The molecule has 0 fully saturated rings. The summed E-state index contributed by atoms with van der Waals surface area (Å²) < 4.78 is 35.6. The Balaban J connectivity index is 1.76. The molecule has 0 aliphatic rings. The van der Waals surface area contributed by atoms with Crippen LogP contribution < -0.4 is 16.2 Å². The van der Waals surface area contributed by atoms with Crippen LogP contribution in [0.1, 0.15) is 35.5 Å². The SMILES string of the molecule is CCc1cc(OC)c(F)c(C(c2cc3cc(N)ccc3c(N)n2)c2ncc(-c3ccccc3F)[nH]2)c1. The number of nitrogens with one attached hydrogen (secondary N) is 1. The lowest BCUT2D eigenvalue weighted by atomic mass is 9.90. The molecule has 6 nitrogen and oxygen atoms in total. The first-order valence-electron chi connectivity index (χ1n) is 11.5. The molecule has 182 valence electrons. The number of hydrogen-bond acceptors (Lipinski definition) is 5. The van der Waals surface area contributed by atoms with E-state index in [-0.39, 0.29) is 11.6 Å². The Morgan fingerprint density at radius 2 is 1.83 bits per heavy atom. The average molecular weight is 486 g/mol. The van der Waals surface area contributed by atoms with Gasteiger partial charge in [-0.25, -0.2) is 18.7 Å². The number of methoxy groups -OCH3 is 1. The topological polar surface area (TPSA) is 103 Å². The molecule has 0 amide bonds. The van der Waals surface area contributed by atoms with Gasteiger partial charge < -0.3 is 21.2 Å². The number of ether oxygens (including phenoxy) is 1. The number of nitrogen functional groups attached to an aromatic ring is 2. The highest BCUT2D eigenvalue weighted by Gasteiger charge is 2.28. The van der Waals surface area contributed by atoms with Gasteiger partial charge in [0.1, 0.15) is 17.5 Å². The Morgan fingerprint density at radius 3 is 2.58 bits per heavy atom. The molecule has 1 atom stereocenters. The van der Waals surface area contributed by atoms with Crippen LogP contribution in [0.15, 0.2) is 66.9 Å². The summed E-state index contributed by atoms with van der Waals surface area (Å²) in [5.41, 5.74) is 15.4. The van der Waals surface area contributed by atoms with E-state index in [0.717, 1.165) is 16.3 Å². The number of fused-ring (bicyclic) bond motifs is 1. The number of nitrogens with two attached hydrogens (primary N) is 2. The van der Waals surface area contributed by atoms with Gasteiger partial charge in [-0.1, -0.05) is 25.1 Å². The summed E-state index contributed by atoms with van der Waals surface area (Å²) in [6.45, 7) is 1.98. The van der Waals surface area contributed by atoms with Crippen LogP contribution in [0.3, 0.4) is 0 Å². The van der Waals surface area contributed by atoms with Gasteiger partial charge in [0.25, 0.3) is 0 Å². The number of imidazole rings is 1. The first-order chi connectivity index (χ1) is 17.4. The fourth-order valence-electron chi connectivity index (χ4n) is 4.46. The van der Waals surface area contributed by atoms with E-state index in [0.29, 0.717) is 40.4 Å². The number of hydrogen-bond donors (Lipinski definition) is 3. The molecular weight excluding hydrogens is 460 g/mol. The highest BCUT2D eigenvalue weighted by atomic mass is 19.1. The quantitative estimate of drug-likeness (QED) is 0.263. The molecule has 0 saturated carbocycles. The Bertz CT molecular complexity index is 1580. The van der Waals surface area contributed by atoms with Gasteiger partial charge in [-0.05, 0) is 59.8 Å². The van der Waals surface area contributed by atoms with Gasteiger partial charge in [0.2, 0.25) is 0 Å². The number of benzene rings is 3. The van der Waals surface area contributed by atoms with E-state index >= 15 is 4.39 Å². The summed E-state index contributed by atoms with van der Waals surface area (Å²) in [6, 6.07) is 17.0. The van der Waals surface area contributed by atoms with Gasteiger partial charge in [0.05, 0.1) is 30.6 Å². The van der Waals surface area contributed by atoms with Crippen LogP contribution in [0.25, 0.3) is 22.0 Å². The lowest BCUT2D eigenvalue weighted by Crippen LogP contribution is -2.12. The number of aryl methyl sites for hydroxylation is 1. The fourth-order valence-corrected chi connectivity index (χ4v) is 4.46. The largest absolute Gasteiger partial charge is 0.494 e. The van der Waals surface area contributed by atoms with Crippen molar-refractivity contribution >= 4 is 22.3 Å². The van der Waals surface area contributed by atoms with Crippen LogP contribution in [0.4, 0.5) is 20.3 Å². The van der Waals surface area contributed by atoms with E-state index in [2.05, 4.69) is 15.0 Å². The fraction of sp³-hybridized carbons (Fsp3) is 0.143. The van der Waals surface area contributed by atoms with Crippen LogP contribution in [0, 0.1) is 11.6 Å². The number of rotatable bonds is 6. The van der Waals surface area contributed by atoms with Crippen LogP contribution in [-0.4, -0.2) is 22.1 Å². The van der Waals surface area contributed by atoms with Crippen molar-refractivity contribution in [2.75, 3.05) is 18.6 Å². The van der Waals surface area contributed by atoms with Crippen molar-refractivity contribution in [3.05, 3.63) is 101 Å². The maximum absolute atomic E-state index is 15.8. The standard InChI is InChI=1S/C28H25F2N5O/c1-3-15-10-20(26(30)24(11-15)36-2)25(22-13-16-12-17(31)8-9-18(16)27(32)34-22)28-33-14-23(35-28)19-6-4-5-7-21(19)29/h4-14,25H,3,31H2,1-2H3,(H2,32,34)(H,33,35). The second-order valence-corrected chi connectivity index (χ2v) is 8.56. The number of aromatic nitrogens is 3. The molecule has 0 radical (unpaired) electrons. The first kappa shape index (κ1) is 23.3. The number of pyridine rings is 1. The van der Waals surface area contributed by atoms with E-state index in [1.165, 1.54) is 19.4 Å². The van der Waals surface area contributed by atoms with Crippen LogP contribution in [0.5, 0.6) is 5.75 Å². The maximum atomic E-state index is 15.8. The van der Waals surface area contributed by atoms with E-state index in [9.17, 15) is 4.39 Å². The smallest absolute Gasteiger partial charge is 0.169 e. The van der Waals surface area contributed by atoms with Crippen molar-refractivity contribution < 1.29 is 13.5 Å². The molecule has 2 heterocycles. The van der Waals surface area contributed by atoms with Gasteiger partial charge in [-0.3, -0.25) is 0 Å². The van der Waals surface area contributed by atoms with Crippen molar-refractivity contribution in [1.29, 1.82) is 0 Å². The summed E-state index contributed by atoms with van der Waals surface area (Å²) in [4.78, 5) is 12.3. The second-order valence-electron chi connectivity index (χ2n) is 8.56. The molecule has 8 heteroatoms. The highest BCUT2D eigenvalue weighted by molar-refractivity contribution is 5.93. The number of H-pyrrole nitrogens is 1. The second kappa shape index (κ2) is 9.30. The third kappa shape index (κ3) is 4.11. The summed E-state index contributed by atoms with van der Waals surface area (Å²) in [5, 5.41) is 1.50. The van der Waals surface area contributed by atoms with Gasteiger partial charge >= 0.3 is 0 Å². The van der Waals surface area contributed by atoms with E-state index in [1.54, 1.807) is 48.5 Å². The molecule has 0 aliphatic carbocycles. The number of halogens is 2. The molecule has 3 aromatic carbocycles. The average Bonchev–Trinajstić information content (AvgIpc) is 3.34. The van der Waals surface area contributed by atoms with Crippen molar-refractivity contribution in [2.24, 2.45) is 0 Å². The zero-order valence-corrected chi connectivity index (χ0v) is 19.8. The maximum Gasteiger partial charge on any atom is 0.169 e. The zero-order chi connectivity index (χ0) is 25.4. The predicted octanol–water partition coefficient (Wildman–Crippen LogP) is 5.82. The van der Waals surface area contributed by atoms with Gasteiger partial charge in [-0.15, -0.1) is 0 Å².